The van der Waals surface area contributed by atoms with Crippen LogP contribution in [0.5, 0.6) is 0 Å². The zero-order valence-electron chi connectivity index (χ0n) is 11.7. The van der Waals surface area contributed by atoms with Crippen molar-refractivity contribution < 1.29 is 4.79 Å². The summed E-state index contributed by atoms with van der Waals surface area (Å²) in [7, 11) is 0. The van der Waals surface area contributed by atoms with Gasteiger partial charge in [0.2, 0.25) is 5.91 Å². The molecule has 1 aromatic rings. The number of carbonyl (C=O) groups excluding carboxylic acids is 1. The summed E-state index contributed by atoms with van der Waals surface area (Å²) < 4.78 is 0. The van der Waals surface area contributed by atoms with E-state index in [0.29, 0.717) is 15.7 Å². The Labute approximate surface area is 130 Å². The van der Waals surface area contributed by atoms with Gasteiger partial charge < -0.3 is 5.32 Å². The Hall–Kier alpha value is -0.770. The molecular formula is C15H20Cl2N2O. The van der Waals surface area contributed by atoms with Crippen molar-refractivity contribution in [3.63, 3.8) is 0 Å². The number of nitrogens with one attached hydrogen (secondary N) is 1. The fourth-order valence-corrected chi connectivity index (χ4v) is 2.82. The summed E-state index contributed by atoms with van der Waals surface area (Å²) in [4.78, 5) is 14.6. The molecule has 1 amide bonds. The number of hydrogen-bond acceptors (Lipinski definition) is 2. The van der Waals surface area contributed by atoms with Crippen LogP contribution in [0.15, 0.2) is 18.2 Å². The zero-order valence-corrected chi connectivity index (χ0v) is 13.2. The van der Waals surface area contributed by atoms with E-state index >= 15 is 0 Å². The first-order valence-electron chi connectivity index (χ1n) is 7.08. The van der Waals surface area contributed by atoms with Crippen LogP contribution in [0.2, 0.25) is 10.0 Å². The summed E-state index contributed by atoms with van der Waals surface area (Å²) in [6.07, 6.45) is 4.83. The molecule has 1 heterocycles. The predicted octanol–water partition coefficient (Wildman–Crippen LogP) is 4.20. The molecule has 1 saturated heterocycles. The van der Waals surface area contributed by atoms with Crippen LogP contribution in [0.25, 0.3) is 0 Å². The molecule has 1 aromatic carbocycles. The van der Waals surface area contributed by atoms with E-state index in [9.17, 15) is 4.79 Å². The average Bonchev–Trinajstić information content (AvgIpc) is 2.71. The van der Waals surface area contributed by atoms with Crippen molar-refractivity contribution in [2.75, 3.05) is 18.4 Å². The van der Waals surface area contributed by atoms with Crippen molar-refractivity contribution in [3.05, 3.63) is 28.2 Å². The van der Waals surface area contributed by atoms with Gasteiger partial charge in [-0.2, -0.15) is 0 Å². The number of carbonyl (C=O) groups is 1. The molecule has 1 aliphatic rings. The van der Waals surface area contributed by atoms with Gasteiger partial charge in [-0.1, -0.05) is 36.0 Å². The smallest absolute Gasteiger partial charge is 0.241 e. The SMILES string of the molecule is C[C@H](C(=O)Nc1cc(Cl)ccc1Cl)N1CCCCCC1. The molecular weight excluding hydrogens is 295 g/mol. The van der Waals surface area contributed by atoms with Gasteiger partial charge in [-0.05, 0) is 51.1 Å². The van der Waals surface area contributed by atoms with Gasteiger partial charge >= 0.3 is 0 Å². The highest BCUT2D eigenvalue weighted by Crippen LogP contribution is 2.26. The standard InChI is InChI=1S/C15H20Cl2N2O/c1-11(19-8-4-2-3-5-9-19)15(20)18-14-10-12(16)6-7-13(14)17/h6-7,10-11H,2-5,8-9H2,1H3,(H,18,20)/t11-/m1/s1. The number of halogens is 2. The van der Waals surface area contributed by atoms with Crippen molar-refractivity contribution in [2.45, 2.75) is 38.6 Å². The Kier molecular flexibility index (Phi) is 5.70. The number of nitrogens with zero attached hydrogens (tertiary/aromatic N) is 1. The Bertz CT molecular complexity index is 471. The molecule has 1 atom stereocenters. The van der Waals surface area contributed by atoms with Crippen LogP contribution in [-0.2, 0) is 4.79 Å². The first kappa shape index (κ1) is 15.6. The highest BCUT2D eigenvalue weighted by Gasteiger charge is 2.22. The molecule has 0 bridgehead atoms. The third kappa shape index (κ3) is 4.11. The summed E-state index contributed by atoms with van der Waals surface area (Å²) in [5.74, 6) is -0.0314. The maximum Gasteiger partial charge on any atom is 0.241 e. The van der Waals surface area contributed by atoms with Crippen LogP contribution in [0.1, 0.15) is 32.6 Å². The van der Waals surface area contributed by atoms with Crippen molar-refractivity contribution in [1.82, 2.24) is 4.90 Å². The summed E-state index contributed by atoms with van der Waals surface area (Å²) in [6, 6.07) is 4.92. The Morgan fingerprint density at radius 1 is 1.20 bits per heavy atom. The highest BCUT2D eigenvalue weighted by molar-refractivity contribution is 6.35. The van der Waals surface area contributed by atoms with Crippen molar-refractivity contribution in [3.8, 4) is 0 Å². The zero-order chi connectivity index (χ0) is 14.5. The van der Waals surface area contributed by atoms with Gasteiger partial charge in [0.05, 0.1) is 16.8 Å². The van der Waals surface area contributed by atoms with E-state index in [1.54, 1.807) is 18.2 Å². The Morgan fingerprint density at radius 2 is 1.85 bits per heavy atom. The van der Waals surface area contributed by atoms with Crippen LogP contribution in [-0.4, -0.2) is 29.9 Å². The number of benzene rings is 1. The monoisotopic (exact) mass is 314 g/mol. The van der Waals surface area contributed by atoms with Gasteiger partial charge in [-0.15, -0.1) is 0 Å². The average molecular weight is 315 g/mol. The van der Waals surface area contributed by atoms with Gasteiger partial charge in [-0.3, -0.25) is 9.69 Å². The molecule has 3 nitrogen and oxygen atoms in total. The number of amides is 1. The number of likely N-dealkylation sites (tertiary alicyclic amines) is 1. The third-order valence-corrected chi connectivity index (χ3v) is 4.32. The lowest BCUT2D eigenvalue weighted by Crippen LogP contribution is -2.42. The minimum atomic E-state index is -0.150. The number of rotatable bonds is 3. The van der Waals surface area contributed by atoms with E-state index in [-0.39, 0.29) is 11.9 Å². The molecule has 110 valence electrons. The van der Waals surface area contributed by atoms with Crippen LogP contribution < -0.4 is 5.32 Å². The minimum Gasteiger partial charge on any atom is -0.323 e. The Balaban J connectivity index is 2.01. The lowest BCUT2D eigenvalue weighted by Gasteiger charge is -2.26. The second-order valence-electron chi connectivity index (χ2n) is 5.24. The Morgan fingerprint density at radius 3 is 2.50 bits per heavy atom. The quantitative estimate of drug-likeness (QED) is 0.907. The summed E-state index contributed by atoms with van der Waals surface area (Å²) in [5, 5.41) is 3.94. The van der Waals surface area contributed by atoms with Gasteiger partial charge in [0.25, 0.3) is 0 Å². The molecule has 20 heavy (non-hydrogen) atoms. The van der Waals surface area contributed by atoms with E-state index in [1.807, 2.05) is 6.92 Å². The van der Waals surface area contributed by atoms with Gasteiger partial charge in [-0.25, -0.2) is 0 Å². The number of anilines is 1. The fraction of sp³-hybridized carbons (Fsp3) is 0.533. The van der Waals surface area contributed by atoms with Crippen LogP contribution >= 0.6 is 23.2 Å². The molecule has 0 radical (unpaired) electrons. The molecule has 1 N–H and O–H groups in total. The van der Waals surface area contributed by atoms with Crippen molar-refractivity contribution >= 4 is 34.8 Å². The van der Waals surface area contributed by atoms with E-state index in [2.05, 4.69) is 10.2 Å². The molecule has 5 heteroatoms. The topological polar surface area (TPSA) is 32.3 Å². The molecule has 0 aromatic heterocycles. The summed E-state index contributed by atoms with van der Waals surface area (Å²) in [5.41, 5.74) is 0.575. The van der Waals surface area contributed by atoms with E-state index in [4.69, 9.17) is 23.2 Å². The molecule has 1 fully saturated rings. The van der Waals surface area contributed by atoms with Crippen LogP contribution in [0.3, 0.4) is 0 Å². The summed E-state index contributed by atoms with van der Waals surface area (Å²) in [6.45, 7) is 3.91. The number of hydrogen-bond donors (Lipinski definition) is 1. The highest BCUT2D eigenvalue weighted by atomic mass is 35.5. The molecule has 0 unspecified atom stereocenters. The van der Waals surface area contributed by atoms with E-state index in [1.165, 1.54) is 12.8 Å². The maximum absolute atomic E-state index is 12.3. The second kappa shape index (κ2) is 7.30. The van der Waals surface area contributed by atoms with Gasteiger partial charge in [0, 0.05) is 5.02 Å². The lowest BCUT2D eigenvalue weighted by molar-refractivity contribution is -0.120. The van der Waals surface area contributed by atoms with Gasteiger partial charge in [0.1, 0.15) is 0 Å². The molecule has 0 saturated carbocycles. The molecule has 0 aliphatic carbocycles. The van der Waals surface area contributed by atoms with Crippen LogP contribution in [0, 0.1) is 0 Å². The second-order valence-corrected chi connectivity index (χ2v) is 6.08. The largest absolute Gasteiger partial charge is 0.323 e. The maximum atomic E-state index is 12.3. The molecule has 0 spiro atoms. The van der Waals surface area contributed by atoms with Crippen molar-refractivity contribution in [2.24, 2.45) is 0 Å². The lowest BCUT2D eigenvalue weighted by atomic mass is 10.2. The molecule has 1 aliphatic heterocycles. The van der Waals surface area contributed by atoms with E-state index in [0.717, 1.165) is 25.9 Å². The first-order chi connectivity index (χ1) is 9.58. The third-order valence-electron chi connectivity index (χ3n) is 3.75. The summed E-state index contributed by atoms with van der Waals surface area (Å²) >= 11 is 12.0. The molecule has 2 rings (SSSR count). The van der Waals surface area contributed by atoms with Crippen molar-refractivity contribution in [1.29, 1.82) is 0 Å². The van der Waals surface area contributed by atoms with Gasteiger partial charge in [0.15, 0.2) is 0 Å². The fourth-order valence-electron chi connectivity index (χ4n) is 2.48. The van der Waals surface area contributed by atoms with Crippen LogP contribution in [0.4, 0.5) is 5.69 Å². The normalized spacial score (nSPS) is 18.4. The minimum absolute atomic E-state index is 0.0314. The van der Waals surface area contributed by atoms with E-state index < -0.39 is 0 Å². The predicted molar refractivity (Wildman–Crippen MR) is 84.6 cm³/mol. The first-order valence-corrected chi connectivity index (χ1v) is 7.83.